The van der Waals surface area contributed by atoms with Crippen molar-refractivity contribution in [3.05, 3.63) is 59.2 Å². The van der Waals surface area contributed by atoms with Crippen LogP contribution in [0.15, 0.2) is 47.4 Å². The molecule has 1 atom stereocenters. The molecule has 1 unspecified atom stereocenters. The lowest BCUT2D eigenvalue weighted by atomic mass is 10.1. The number of amides is 3. The maximum atomic E-state index is 13.3. The number of nitrogens with zero attached hydrogens (tertiary/aromatic N) is 2. The summed E-state index contributed by atoms with van der Waals surface area (Å²) in [6.45, 7) is 1.74. The summed E-state index contributed by atoms with van der Waals surface area (Å²) in [5.74, 6) is -1.00. The Morgan fingerprint density at radius 2 is 1.69 bits per heavy atom. The maximum Gasteiger partial charge on any atom is 0.262 e. The van der Waals surface area contributed by atoms with Gasteiger partial charge in [-0.15, -0.1) is 0 Å². The largest absolute Gasteiger partial charge is 0.324 e. The number of nitrogens with one attached hydrogen (secondary N) is 1. The molecule has 0 radical (unpaired) electrons. The van der Waals surface area contributed by atoms with Gasteiger partial charge in [0.25, 0.3) is 11.8 Å². The van der Waals surface area contributed by atoms with Gasteiger partial charge < -0.3 is 5.32 Å². The second kappa shape index (κ2) is 9.43. The number of thioether (sulfide) groups is 1. The highest BCUT2D eigenvalue weighted by Crippen LogP contribution is 2.28. The van der Waals surface area contributed by atoms with Crippen LogP contribution in [-0.4, -0.2) is 67.5 Å². The number of hydrogen-bond acceptors (Lipinski definition) is 6. The standard InChI is InChI=1S/C22H25N3O5S2/c1-14-9-10-15(32(29,30)24(2)3)13-18(14)23-20(26)19(11-12-31-4)25-21(27)16-7-5-6-8-17(16)22(25)28/h5-10,13,19H,11-12H2,1-4H3,(H,23,26). The quantitative estimate of drug-likeness (QED) is 0.589. The third kappa shape index (κ3) is 4.43. The van der Waals surface area contributed by atoms with E-state index in [2.05, 4.69) is 5.32 Å². The number of aryl methyl sites for hydroxylation is 1. The van der Waals surface area contributed by atoms with Crippen LogP contribution in [-0.2, 0) is 14.8 Å². The van der Waals surface area contributed by atoms with Crippen molar-refractivity contribution in [1.29, 1.82) is 0 Å². The second-order valence-corrected chi connectivity index (χ2v) is 10.7. The molecule has 0 saturated carbocycles. The van der Waals surface area contributed by atoms with E-state index in [1.54, 1.807) is 37.3 Å². The Bertz CT molecular complexity index is 1140. The third-order valence-corrected chi connectivity index (χ3v) is 7.74. The van der Waals surface area contributed by atoms with Gasteiger partial charge in [-0.3, -0.25) is 19.3 Å². The highest BCUT2D eigenvalue weighted by atomic mass is 32.2. The van der Waals surface area contributed by atoms with Gasteiger partial charge >= 0.3 is 0 Å². The van der Waals surface area contributed by atoms with Crippen LogP contribution >= 0.6 is 11.8 Å². The summed E-state index contributed by atoms with van der Waals surface area (Å²) in [6.07, 6.45) is 2.14. The predicted molar refractivity (Wildman–Crippen MR) is 124 cm³/mol. The first-order valence-electron chi connectivity index (χ1n) is 9.89. The summed E-state index contributed by atoms with van der Waals surface area (Å²) in [4.78, 5) is 40.2. The van der Waals surface area contributed by atoms with Gasteiger partial charge in [0.15, 0.2) is 0 Å². The summed E-state index contributed by atoms with van der Waals surface area (Å²) in [5, 5.41) is 2.74. The van der Waals surface area contributed by atoms with Gasteiger partial charge in [0, 0.05) is 19.8 Å². The van der Waals surface area contributed by atoms with E-state index in [1.165, 1.54) is 38.0 Å². The smallest absolute Gasteiger partial charge is 0.262 e. The predicted octanol–water partition coefficient (Wildman–Crippen LogP) is 2.60. The molecule has 0 saturated heterocycles. The van der Waals surface area contributed by atoms with Crippen molar-refractivity contribution in [2.75, 3.05) is 31.4 Å². The summed E-state index contributed by atoms with van der Waals surface area (Å²) in [5.41, 5.74) is 1.51. The number of carbonyl (C=O) groups excluding carboxylic acids is 3. The summed E-state index contributed by atoms with van der Waals surface area (Å²) >= 11 is 1.50. The number of carbonyl (C=O) groups is 3. The molecule has 0 fully saturated rings. The van der Waals surface area contributed by atoms with E-state index in [4.69, 9.17) is 0 Å². The Balaban J connectivity index is 1.94. The van der Waals surface area contributed by atoms with Crippen LogP contribution in [0.2, 0.25) is 0 Å². The molecular weight excluding hydrogens is 450 g/mol. The summed E-state index contributed by atoms with van der Waals surface area (Å²) in [6, 6.07) is 9.91. The molecule has 3 amide bonds. The van der Waals surface area contributed by atoms with Gasteiger partial charge in [-0.1, -0.05) is 18.2 Å². The lowest BCUT2D eigenvalue weighted by molar-refractivity contribution is -0.120. The Morgan fingerprint density at radius 1 is 1.09 bits per heavy atom. The van der Waals surface area contributed by atoms with Gasteiger partial charge in [0.1, 0.15) is 6.04 Å². The normalized spacial score (nSPS) is 14.6. The number of rotatable bonds is 8. The van der Waals surface area contributed by atoms with Gasteiger partial charge in [0.05, 0.1) is 16.0 Å². The average Bonchev–Trinajstić information content (AvgIpc) is 3.00. The van der Waals surface area contributed by atoms with E-state index in [0.29, 0.717) is 17.0 Å². The molecule has 10 heteroatoms. The Morgan fingerprint density at radius 3 is 2.22 bits per heavy atom. The van der Waals surface area contributed by atoms with Crippen molar-refractivity contribution in [2.45, 2.75) is 24.3 Å². The van der Waals surface area contributed by atoms with Crippen LogP contribution in [0.5, 0.6) is 0 Å². The molecule has 1 aliphatic heterocycles. The fourth-order valence-electron chi connectivity index (χ4n) is 3.42. The van der Waals surface area contributed by atoms with E-state index >= 15 is 0 Å². The van der Waals surface area contributed by atoms with Crippen LogP contribution in [0.4, 0.5) is 5.69 Å². The molecule has 1 N–H and O–H groups in total. The van der Waals surface area contributed by atoms with Crippen molar-refractivity contribution in [1.82, 2.24) is 9.21 Å². The van der Waals surface area contributed by atoms with Gasteiger partial charge in [-0.05, 0) is 55.2 Å². The fraction of sp³-hybridized carbons (Fsp3) is 0.318. The number of fused-ring (bicyclic) bond motifs is 1. The van der Waals surface area contributed by atoms with Crippen LogP contribution in [0.25, 0.3) is 0 Å². The van der Waals surface area contributed by atoms with Crippen LogP contribution in [0, 0.1) is 6.92 Å². The van der Waals surface area contributed by atoms with Gasteiger partial charge in [0.2, 0.25) is 15.9 Å². The monoisotopic (exact) mass is 475 g/mol. The van der Waals surface area contributed by atoms with E-state index in [9.17, 15) is 22.8 Å². The van der Waals surface area contributed by atoms with Crippen LogP contribution in [0.1, 0.15) is 32.7 Å². The zero-order valence-corrected chi connectivity index (χ0v) is 19.9. The zero-order valence-electron chi connectivity index (χ0n) is 18.3. The van der Waals surface area contributed by atoms with Crippen LogP contribution < -0.4 is 5.32 Å². The molecule has 0 aliphatic carbocycles. The molecule has 0 spiro atoms. The van der Waals surface area contributed by atoms with Gasteiger partial charge in [-0.25, -0.2) is 12.7 Å². The molecular formula is C22H25N3O5S2. The van der Waals surface area contributed by atoms with Crippen molar-refractivity contribution < 1.29 is 22.8 Å². The summed E-state index contributed by atoms with van der Waals surface area (Å²) < 4.78 is 26.1. The average molecular weight is 476 g/mol. The number of hydrogen-bond donors (Lipinski definition) is 1. The molecule has 3 rings (SSSR count). The number of anilines is 1. The minimum atomic E-state index is -3.70. The fourth-order valence-corrected chi connectivity index (χ4v) is 4.81. The first kappa shape index (κ1) is 24.0. The lowest BCUT2D eigenvalue weighted by Gasteiger charge is -2.25. The molecule has 0 aromatic heterocycles. The van der Waals surface area contributed by atoms with Crippen LogP contribution in [0.3, 0.4) is 0 Å². The van der Waals surface area contributed by atoms with E-state index < -0.39 is 33.8 Å². The molecule has 170 valence electrons. The zero-order chi connectivity index (χ0) is 23.6. The summed E-state index contributed by atoms with van der Waals surface area (Å²) in [7, 11) is -0.846. The topological polar surface area (TPSA) is 104 Å². The molecule has 1 heterocycles. The van der Waals surface area contributed by atoms with Crippen molar-refractivity contribution in [3.8, 4) is 0 Å². The Kier molecular flexibility index (Phi) is 7.06. The molecule has 2 aromatic carbocycles. The molecule has 0 bridgehead atoms. The minimum Gasteiger partial charge on any atom is -0.324 e. The molecule has 1 aliphatic rings. The molecule has 32 heavy (non-hydrogen) atoms. The number of imide groups is 1. The first-order chi connectivity index (χ1) is 15.1. The number of sulfonamides is 1. The molecule has 8 nitrogen and oxygen atoms in total. The SMILES string of the molecule is CSCCC(C(=O)Nc1cc(S(=O)(=O)N(C)C)ccc1C)N1C(=O)c2ccccc2C1=O. The van der Waals surface area contributed by atoms with Gasteiger partial charge in [-0.2, -0.15) is 11.8 Å². The van der Waals surface area contributed by atoms with Crippen molar-refractivity contribution in [3.63, 3.8) is 0 Å². The molecule has 2 aromatic rings. The Hall–Kier alpha value is -2.69. The van der Waals surface area contributed by atoms with Crippen molar-refractivity contribution in [2.24, 2.45) is 0 Å². The highest BCUT2D eigenvalue weighted by molar-refractivity contribution is 7.98. The van der Waals surface area contributed by atoms with E-state index in [0.717, 1.165) is 9.21 Å². The number of benzene rings is 2. The Labute approximate surface area is 192 Å². The maximum absolute atomic E-state index is 13.3. The second-order valence-electron chi connectivity index (χ2n) is 7.58. The minimum absolute atomic E-state index is 0.0322. The van der Waals surface area contributed by atoms with E-state index in [-0.39, 0.29) is 22.4 Å². The van der Waals surface area contributed by atoms with E-state index in [1.807, 2.05) is 6.26 Å². The highest BCUT2D eigenvalue weighted by Gasteiger charge is 2.42. The lowest BCUT2D eigenvalue weighted by Crippen LogP contribution is -2.47. The third-order valence-electron chi connectivity index (χ3n) is 5.28. The first-order valence-corrected chi connectivity index (χ1v) is 12.7. The van der Waals surface area contributed by atoms with Crippen molar-refractivity contribution >= 4 is 45.2 Å².